The largest absolute Gasteiger partial charge is 0.480 e. The van der Waals surface area contributed by atoms with Crippen LogP contribution in [0.1, 0.15) is 13.8 Å². The number of rotatable bonds is 7. The summed E-state index contributed by atoms with van der Waals surface area (Å²) in [5.74, 6) is -2.21. The number of carboxylic acids is 1. The molecule has 0 fully saturated rings. The number of benzene rings is 1. The maximum Gasteiger partial charge on any atom is 0.387 e. The summed E-state index contributed by atoms with van der Waals surface area (Å²) >= 11 is 5.67. The maximum absolute atomic E-state index is 12.1. The lowest BCUT2D eigenvalue weighted by atomic mass is 10.1. The van der Waals surface area contributed by atoms with Crippen LogP contribution in [0.25, 0.3) is 0 Å². The first-order chi connectivity index (χ1) is 10.0. The molecule has 1 aromatic rings. The van der Waals surface area contributed by atoms with Crippen LogP contribution in [0.3, 0.4) is 0 Å². The van der Waals surface area contributed by atoms with Crippen molar-refractivity contribution < 1.29 is 31.8 Å². The van der Waals surface area contributed by atoms with Crippen LogP contribution < -0.4 is 9.46 Å². The van der Waals surface area contributed by atoms with Crippen molar-refractivity contribution in [2.45, 2.75) is 31.4 Å². The number of alkyl halides is 2. The van der Waals surface area contributed by atoms with Crippen LogP contribution in [0.5, 0.6) is 5.75 Å². The van der Waals surface area contributed by atoms with E-state index in [0.29, 0.717) is 0 Å². The van der Waals surface area contributed by atoms with Crippen molar-refractivity contribution in [1.29, 1.82) is 0 Å². The minimum absolute atomic E-state index is 0.334. The van der Waals surface area contributed by atoms with Gasteiger partial charge in [-0.15, -0.1) is 0 Å². The van der Waals surface area contributed by atoms with E-state index in [1.165, 1.54) is 13.8 Å². The fraction of sp³-hybridized carbons (Fsp3) is 0.417. The van der Waals surface area contributed by atoms with Crippen LogP contribution in [0.15, 0.2) is 23.1 Å². The second-order valence-corrected chi connectivity index (χ2v) is 6.77. The molecule has 6 nitrogen and oxygen atoms in total. The number of ether oxygens (including phenoxy) is 1. The second-order valence-electron chi connectivity index (χ2n) is 4.65. The van der Waals surface area contributed by atoms with E-state index in [0.717, 1.165) is 18.2 Å². The van der Waals surface area contributed by atoms with Crippen molar-refractivity contribution in [3.8, 4) is 5.75 Å². The third-order valence-electron chi connectivity index (χ3n) is 2.64. The monoisotopic (exact) mass is 357 g/mol. The zero-order valence-corrected chi connectivity index (χ0v) is 13.2. The Morgan fingerprint density at radius 2 is 1.95 bits per heavy atom. The summed E-state index contributed by atoms with van der Waals surface area (Å²) in [6, 6.07) is 1.53. The number of aliphatic carboxylic acids is 1. The number of hydrogen-bond acceptors (Lipinski definition) is 4. The first kappa shape index (κ1) is 18.6. The van der Waals surface area contributed by atoms with Gasteiger partial charge in [0, 0.05) is 0 Å². The maximum atomic E-state index is 12.1. The van der Waals surface area contributed by atoms with Crippen LogP contribution in [-0.2, 0) is 14.8 Å². The molecule has 0 bridgehead atoms. The van der Waals surface area contributed by atoms with Crippen molar-refractivity contribution in [2.24, 2.45) is 5.92 Å². The van der Waals surface area contributed by atoms with E-state index in [1.54, 1.807) is 0 Å². The van der Waals surface area contributed by atoms with Gasteiger partial charge in [-0.3, -0.25) is 4.79 Å². The van der Waals surface area contributed by atoms with Gasteiger partial charge in [0.05, 0.1) is 9.92 Å². The number of carbonyl (C=O) groups is 1. The van der Waals surface area contributed by atoms with E-state index in [2.05, 4.69) is 4.74 Å². The van der Waals surface area contributed by atoms with Gasteiger partial charge >= 0.3 is 12.6 Å². The molecule has 2 N–H and O–H groups in total. The van der Waals surface area contributed by atoms with Gasteiger partial charge in [0.15, 0.2) is 0 Å². The summed E-state index contributed by atoms with van der Waals surface area (Å²) in [5.41, 5.74) is 0. The summed E-state index contributed by atoms with van der Waals surface area (Å²) < 4.78 is 54.6. The van der Waals surface area contributed by atoms with Crippen molar-refractivity contribution in [3.05, 3.63) is 23.2 Å². The van der Waals surface area contributed by atoms with Crippen molar-refractivity contribution in [3.63, 3.8) is 0 Å². The Kier molecular flexibility index (Phi) is 6.09. The first-order valence-electron chi connectivity index (χ1n) is 6.04. The second kappa shape index (κ2) is 7.21. The van der Waals surface area contributed by atoms with Crippen LogP contribution in [-0.4, -0.2) is 32.1 Å². The van der Waals surface area contributed by atoms with Crippen LogP contribution in [0.4, 0.5) is 8.78 Å². The molecule has 1 rings (SSSR count). The predicted octanol–water partition coefficient (Wildman–Crippen LogP) is 2.33. The van der Waals surface area contributed by atoms with Crippen LogP contribution >= 0.6 is 11.6 Å². The van der Waals surface area contributed by atoms with E-state index in [-0.39, 0.29) is 15.7 Å². The Balaban J connectivity index is 3.08. The van der Waals surface area contributed by atoms with Gasteiger partial charge in [0.2, 0.25) is 10.0 Å². The minimum Gasteiger partial charge on any atom is -0.480 e. The molecule has 124 valence electrons. The molecule has 10 heteroatoms. The highest BCUT2D eigenvalue weighted by atomic mass is 35.5. The summed E-state index contributed by atoms with van der Waals surface area (Å²) in [7, 11) is -4.18. The number of halogens is 3. The van der Waals surface area contributed by atoms with E-state index in [9.17, 15) is 22.0 Å². The minimum atomic E-state index is -4.18. The molecule has 0 aliphatic rings. The van der Waals surface area contributed by atoms with Gasteiger partial charge in [-0.05, 0) is 24.1 Å². The van der Waals surface area contributed by atoms with Crippen molar-refractivity contribution >= 4 is 27.6 Å². The highest BCUT2D eigenvalue weighted by molar-refractivity contribution is 7.89. The van der Waals surface area contributed by atoms with Gasteiger partial charge < -0.3 is 9.84 Å². The molecule has 0 amide bonds. The Labute approximate surface area is 131 Å². The molecular formula is C12H14ClF2NO5S. The molecular weight excluding hydrogens is 344 g/mol. The lowest BCUT2D eigenvalue weighted by Crippen LogP contribution is -2.44. The summed E-state index contributed by atoms with van der Waals surface area (Å²) in [5, 5.41) is 8.66. The van der Waals surface area contributed by atoms with Gasteiger partial charge in [-0.1, -0.05) is 25.4 Å². The van der Waals surface area contributed by atoms with Gasteiger partial charge in [-0.25, -0.2) is 8.42 Å². The molecule has 0 aliphatic heterocycles. The average molecular weight is 358 g/mol. The number of carboxylic acid groups (broad SMARTS) is 1. The van der Waals surface area contributed by atoms with E-state index in [4.69, 9.17) is 16.7 Å². The van der Waals surface area contributed by atoms with E-state index < -0.39 is 34.6 Å². The Bertz CT molecular complexity index is 651. The third-order valence-corrected chi connectivity index (χ3v) is 4.38. The summed E-state index contributed by atoms with van der Waals surface area (Å²) in [4.78, 5) is 10.7. The molecule has 0 radical (unpaired) electrons. The predicted molar refractivity (Wildman–Crippen MR) is 74.7 cm³/mol. The van der Waals surface area contributed by atoms with E-state index in [1.807, 2.05) is 4.72 Å². The number of nitrogens with one attached hydrogen (secondary N) is 1. The third kappa shape index (κ3) is 4.79. The zero-order chi connectivity index (χ0) is 17.1. The first-order valence-corrected chi connectivity index (χ1v) is 7.90. The highest BCUT2D eigenvalue weighted by Gasteiger charge is 2.28. The molecule has 1 atom stereocenters. The number of hydrogen-bond donors (Lipinski definition) is 2. The number of sulfonamides is 1. The van der Waals surface area contributed by atoms with Crippen LogP contribution in [0.2, 0.25) is 5.02 Å². The lowest BCUT2D eigenvalue weighted by molar-refractivity contribution is -0.140. The lowest BCUT2D eigenvalue weighted by Gasteiger charge is -2.18. The van der Waals surface area contributed by atoms with Gasteiger partial charge in [-0.2, -0.15) is 13.5 Å². The standard InChI is InChI=1S/C12H14ClF2NO5S/c1-6(2)10(11(17)18)16-22(19,20)7-3-4-9(8(13)5-7)21-12(14)15/h3-6,10,12,16H,1-2H3,(H,17,18). The molecule has 0 spiro atoms. The van der Waals surface area contributed by atoms with Gasteiger partial charge in [0.25, 0.3) is 0 Å². The van der Waals surface area contributed by atoms with Crippen molar-refractivity contribution in [1.82, 2.24) is 4.72 Å². The molecule has 1 aromatic carbocycles. The summed E-state index contributed by atoms with van der Waals surface area (Å²) in [6.07, 6.45) is 0. The fourth-order valence-electron chi connectivity index (χ4n) is 1.55. The molecule has 0 saturated carbocycles. The van der Waals surface area contributed by atoms with Gasteiger partial charge in [0.1, 0.15) is 11.8 Å². The molecule has 1 unspecified atom stereocenters. The Hall–Kier alpha value is -1.45. The average Bonchev–Trinajstić information content (AvgIpc) is 2.37. The van der Waals surface area contributed by atoms with Crippen LogP contribution in [0, 0.1) is 5.92 Å². The fourth-order valence-corrected chi connectivity index (χ4v) is 3.20. The Morgan fingerprint density at radius 3 is 2.36 bits per heavy atom. The Morgan fingerprint density at radius 1 is 1.36 bits per heavy atom. The quantitative estimate of drug-likeness (QED) is 0.781. The van der Waals surface area contributed by atoms with Crippen molar-refractivity contribution in [2.75, 3.05) is 0 Å². The SMILES string of the molecule is CC(C)C(NS(=O)(=O)c1ccc(OC(F)F)c(Cl)c1)C(=O)O. The smallest absolute Gasteiger partial charge is 0.387 e. The molecule has 0 saturated heterocycles. The zero-order valence-electron chi connectivity index (χ0n) is 11.6. The molecule has 0 heterocycles. The molecule has 0 aromatic heterocycles. The topological polar surface area (TPSA) is 92.7 Å². The molecule has 22 heavy (non-hydrogen) atoms. The van der Waals surface area contributed by atoms with E-state index >= 15 is 0 Å². The normalized spacial score (nSPS) is 13.4. The molecule has 0 aliphatic carbocycles. The summed E-state index contributed by atoms with van der Waals surface area (Å²) in [6.45, 7) is -0.0303. The highest BCUT2D eigenvalue weighted by Crippen LogP contribution is 2.28.